The van der Waals surface area contributed by atoms with Crippen molar-refractivity contribution >= 4 is 54.6 Å². The van der Waals surface area contributed by atoms with Gasteiger partial charge >= 0.3 is 0 Å². The highest BCUT2D eigenvalue weighted by Gasteiger charge is 2.21. The van der Waals surface area contributed by atoms with E-state index in [9.17, 15) is 21.6 Å². The van der Waals surface area contributed by atoms with Crippen LogP contribution in [0.1, 0.15) is 21.5 Å². The van der Waals surface area contributed by atoms with E-state index in [0.29, 0.717) is 17.1 Å². The molecule has 8 nitrogen and oxygen atoms in total. The number of nitrogens with one attached hydrogen (secondary N) is 3. The van der Waals surface area contributed by atoms with Crippen LogP contribution in [-0.4, -0.2) is 22.7 Å². The summed E-state index contributed by atoms with van der Waals surface area (Å²) >= 11 is 6.16. The van der Waals surface area contributed by atoms with Gasteiger partial charge in [0.15, 0.2) is 0 Å². The molecule has 0 spiro atoms. The van der Waals surface area contributed by atoms with Gasteiger partial charge in [-0.15, -0.1) is 0 Å². The lowest BCUT2D eigenvalue weighted by molar-refractivity contribution is 0.102. The molecule has 0 aliphatic rings. The summed E-state index contributed by atoms with van der Waals surface area (Å²) in [6, 6.07) is 23.3. The Kier molecular flexibility index (Phi) is 7.77. The number of para-hydroxylation sites is 1. The van der Waals surface area contributed by atoms with Crippen LogP contribution in [0.3, 0.4) is 0 Å². The van der Waals surface area contributed by atoms with Crippen molar-refractivity contribution in [1.29, 1.82) is 0 Å². The Hall–Kier alpha value is -3.86. The summed E-state index contributed by atoms with van der Waals surface area (Å²) < 4.78 is 56.4. The van der Waals surface area contributed by atoms with E-state index in [4.69, 9.17) is 11.6 Å². The molecule has 4 rings (SSSR count). The van der Waals surface area contributed by atoms with Crippen LogP contribution in [0.15, 0.2) is 101 Å². The number of sulfonamides is 2. The smallest absolute Gasteiger partial charge is 0.263 e. The zero-order valence-corrected chi connectivity index (χ0v) is 22.8. The number of carbonyl (C=O) groups excluding carboxylic acids is 1. The average molecular weight is 570 g/mol. The Bertz CT molecular complexity index is 1720. The quantitative estimate of drug-likeness (QED) is 0.247. The summed E-state index contributed by atoms with van der Waals surface area (Å²) in [6.45, 7) is 3.62. The third-order valence-corrected chi connectivity index (χ3v) is 8.81. The molecule has 0 saturated heterocycles. The second-order valence-corrected chi connectivity index (χ2v) is 12.3. The van der Waals surface area contributed by atoms with Crippen molar-refractivity contribution in [3.05, 3.63) is 113 Å². The van der Waals surface area contributed by atoms with Crippen molar-refractivity contribution in [3.8, 4) is 0 Å². The number of amides is 1. The van der Waals surface area contributed by atoms with Crippen molar-refractivity contribution < 1.29 is 21.6 Å². The first-order valence-electron chi connectivity index (χ1n) is 11.3. The molecule has 0 aliphatic carbocycles. The van der Waals surface area contributed by atoms with E-state index in [2.05, 4.69) is 14.8 Å². The highest BCUT2D eigenvalue weighted by molar-refractivity contribution is 7.93. The van der Waals surface area contributed by atoms with E-state index in [1.165, 1.54) is 42.5 Å². The van der Waals surface area contributed by atoms with Crippen LogP contribution in [-0.2, 0) is 20.0 Å². The molecule has 4 aromatic carbocycles. The zero-order chi connectivity index (χ0) is 27.5. The third-order valence-electron chi connectivity index (χ3n) is 5.57. The summed E-state index contributed by atoms with van der Waals surface area (Å²) in [7, 11) is -7.92. The Labute approximate surface area is 226 Å². The molecular weight excluding hydrogens is 546 g/mol. The minimum absolute atomic E-state index is 0.0131. The first kappa shape index (κ1) is 27.2. The van der Waals surface area contributed by atoms with Gasteiger partial charge in [-0.05, 0) is 85.6 Å². The molecule has 11 heteroatoms. The summed E-state index contributed by atoms with van der Waals surface area (Å²) in [4.78, 5) is 12.6. The fourth-order valence-electron chi connectivity index (χ4n) is 3.58. The SMILES string of the molecule is Cc1cccc(NS(=O)(=O)c2ccc(NC(=O)c3ccc(Cl)c(S(=O)(=O)Nc4ccccc4C)c3)cc2)c1. The standard InChI is InChI=1S/C27H24ClN3O5S2/c1-18-6-5-8-22(16-18)30-37(33,34)23-13-11-21(12-14-23)29-27(32)20-10-15-24(28)26(17-20)38(35,36)31-25-9-4-3-7-19(25)2/h3-17,30-31H,1-2H3,(H,29,32). The predicted octanol–water partition coefficient (Wildman–Crippen LogP) is 5.81. The minimum Gasteiger partial charge on any atom is -0.322 e. The van der Waals surface area contributed by atoms with Gasteiger partial charge in [-0.1, -0.05) is 41.9 Å². The Morgan fingerprint density at radius 3 is 2.11 bits per heavy atom. The normalized spacial score (nSPS) is 11.6. The number of hydrogen-bond donors (Lipinski definition) is 3. The molecule has 1 amide bonds. The van der Waals surface area contributed by atoms with Crippen LogP contribution in [0.4, 0.5) is 17.1 Å². The molecule has 0 aliphatic heterocycles. The molecule has 0 bridgehead atoms. The minimum atomic E-state index is -4.08. The average Bonchev–Trinajstić information content (AvgIpc) is 2.85. The van der Waals surface area contributed by atoms with Crippen LogP contribution in [0.25, 0.3) is 0 Å². The number of carbonyl (C=O) groups is 1. The first-order chi connectivity index (χ1) is 17.9. The second kappa shape index (κ2) is 10.9. The number of anilines is 3. The number of aryl methyl sites for hydroxylation is 2. The topological polar surface area (TPSA) is 121 Å². The van der Waals surface area contributed by atoms with Crippen molar-refractivity contribution in [2.75, 3.05) is 14.8 Å². The predicted molar refractivity (Wildman–Crippen MR) is 150 cm³/mol. The lowest BCUT2D eigenvalue weighted by atomic mass is 10.2. The van der Waals surface area contributed by atoms with Gasteiger partial charge in [-0.25, -0.2) is 16.8 Å². The second-order valence-electron chi connectivity index (χ2n) is 8.52. The van der Waals surface area contributed by atoms with E-state index in [1.54, 1.807) is 49.4 Å². The summed E-state index contributed by atoms with van der Waals surface area (Å²) in [5, 5.41) is 2.60. The van der Waals surface area contributed by atoms with Crippen molar-refractivity contribution in [2.24, 2.45) is 0 Å². The Balaban J connectivity index is 1.50. The largest absolute Gasteiger partial charge is 0.322 e. The number of benzene rings is 4. The molecule has 0 heterocycles. The van der Waals surface area contributed by atoms with E-state index in [1.807, 2.05) is 13.0 Å². The Morgan fingerprint density at radius 1 is 0.711 bits per heavy atom. The molecule has 196 valence electrons. The van der Waals surface area contributed by atoms with Gasteiger partial charge in [0, 0.05) is 16.9 Å². The third kappa shape index (κ3) is 6.34. The molecule has 4 aromatic rings. The van der Waals surface area contributed by atoms with Crippen molar-refractivity contribution in [2.45, 2.75) is 23.6 Å². The highest BCUT2D eigenvalue weighted by Crippen LogP contribution is 2.27. The van der Waals surface area contributed by atoms with Gasteiger partial charge in [0.25, 0.3) is 26.0 Å². The maximum Gasteiger partial charge on any atom is 0.263 e. The molecular formula is C27H24ClN3O5S2. The van der Waals surface area contributed by atoms with Gasteiger partial charge in [0.2, 0.25) is 0 Å². The monoisotopic (exact) mass is 569 g/mol. The van der Waals surface area contributed by atoms with Crippen LogP contribution in [0.5, 0.6) is 0 Å². The summed E-state index contributed by atoms with van der Waals surface area (Å²) in [5.41, 5.74) is 2.84. The lowest BCUT2D eigenvalue weighted by Crippen LogP contribution is -2.17. The van der Waals surface area contributed by atoms with Crippen molar-refractivity contribution in [1.82, 2.24) is 0 Å². The maximum absolute atomic E-state index is 13.0. The number of halogens is 1. The van der Waals surface area contributed by atoms with Gasteiger partial charge in [0.05, 0.1) is 15.6 Å². The first-order valence-corrected chi connectivity index (χ1v) is 14.7. The lowest BCUT2D eigenvalue weighted by Gasteiger charge is -2.13. The van der Waals surface area contributed by atoms with Gasteiger partial charge in [-0.3, -0.25) is 14.2 Å². The van der Waals surface area contributed by atoms with E-state index in [-0.39, 0.29) is 20.4 Å². The maximum atomic E-state index is 13.0. The molecule has 0 unspecified atom stereocenters. The van der Waals surface area contributed by atoms with Crippen LogP contribution >= 0.6 is 11.6 Å². The number of hydrogen-bond acceptors (Lipinski definition) is 5. The van der Waals surface area contributed by atoms with E-state index < -0.39 is 26.0 Å². The molecule has 0 radical (unpaired) electrons. The molecule has 38 heavy (non-hydrogen) atoms. The Morgan fingerprint density at radius 2 is 1.42 bits per heavy atom. The highest BCUT2D eigenvalue weighted by atomic mass is 35.5. The molecule has 0 atom stereocenters. The molecule has 0 aromatic heterocycles. The van der Waals surface area contributed by atoms with Crippen LogP contribution in [0.2, 0.25) is 5.02 Å². The summed E-state index contributed by atoms with van der Waals surface area (Å²) in [5.74, 6) is -0.595. The molecule has 0 saturated carbocycles. The fourth-order valence-corrected chi connectivity index (χ4v) is 6.29. The fraction of sp³-hybridized carbons (Fsp3) is 0.0741. The van der Waals surface area contributed by atoms with E-state index in [0.717, 1.165) is 11.1 Å². The van der Waals surface area contributed by atoms with Gasteiger partial charge in [-0.2, -0.15) is 0 Å². The van der Waals surface area contributed by atoms with Gasteiger partial charge < -0.3 is 5.32 Å². The summed E-state index contributed by atoms with van der Waals surface area (Å²) in [6.07, 6.45) is 0. The van der Waals surface area contributed by atoms with Crippen LogP contribution < -0.4 is 14.8 Å². The zero-order valence-electron chi connectivity index (χ0n) is 20.4. The van der Waals surface area contributed by atoms with Crippen LogP contribution in [0, 0.1) is 13.8 Å². The van der Waals surface area contributed by atoms with E-state index >= 15 is 0 Å². The van der Waals surface area contributed by atoms with Crippen molar-refractivity contribution in [3.63, 3.8) is 0 Å². The number of rotatable bonds is 8. The van der Waals surface area contributed by atoms with Gasteiger partial charge in [0.1, 0.15) is 4.90 Å². The molecule has 3 N–H and O–H groups in total. The molecule has 0 fully saturated rings.